The minimum Gasteiger partial charge on any atom is -0.396 e. The molecule has 0 aromatic carbocycles. The van der Waals surface area contributed by atoms with E-state index in [1.807, 2.05) is 6.92 Å². The Kier molecular flexibility index (Phi) is 10.2. The summed E-state index contributed by atoms with van der Waals surface area (Å²) in [6.45, 7) is 14.2. The molecule has 0 saturated carbocycles. The van der Waals surface area contributed by atoms with Gasteiger partial charge in [-0.05, 0) is 57.9 Å². The SMILES string of the molecule is CCNC(=NCC(CCO)CC(C)C)NCCCn1nc(C)cc1C. The van der Waals surface area contributed by atoms with E-state index in [-0.39, 0.29) is 6.61 Å². The standard InChI is InChI=1S/C19H37N5O/c1-6-20-19(22-14-18(8-11-25)12-15(2)3)21-9-7-10-24-17(5)13-16(4)23-24/h13,15,18,25H,6-12,14H2,1-5H3,(H2,20,21,22). The Morgan fingerprint density at radius 2 is 2.08 bits per heavy atom. The summed E-state index contributed by atoms with van der Waals surface area (Å²) in [6.07, 6.45) is 2.92. The first-order chi connectivity index (χ1) is 12.0. The van der Waals surface area contributed by atoms with Gasteiger partial charge in [0, 0.05) is 38.5 Å². The second-order valence-corrected chi connectivity index (χ2v) is 7.16. The third-order valence-corrected chi connectivity index (χ3v) is 4.14. The number of aliphatic hydroxyl groups excluding tert-OH is 1. The Hall–Kier alpha value is -1.56. The van der Waals surface area contributed by atoms with E-state index in [1.165, 1.54) is 5.69 Å². The van der Waals surface area contributed by atoms with Gasteiger partial charge < -0.3 is 15.7 Å². The largest absolute Gasteiger partial charge is 0.396 e. The molecule has 1 aromatic heterocycles. The van der Waals surface area contributed by atoms with Crippen molar-refractivity contribution in [1.82, 2.24) is 20.4 Å². The predicted octanol–water partition coefficient (Wildman–Crippen LogP) is 2.49. The molecule has 0 radical (unpaired) electrons. The van der Waals surface area contributed by atoms with Crippen molar-refractivity contribution >= 4 is 5.96 Å². The second kappa shape index (κ2) is 11.9. The highest BCUT2D eigenvalue weighted by molar-refractivity contribution is 5.79. The molecule has 1 rings (SSSR count). The molecule has 0 aliphatic carbocycles. The lowest BCUT2D eigenvalue weighted by atomic mass is 9.94. The van der Waals surface area contributed by atoms with Gasteiger partial charge in [-0.25, -0.2) is 0 Å². The lowest BCUT2D eigenvalue weighted by molar-refractivity contribution is 0.245. The molecule has 1 atom stereocenters. The Morgan fingerprint density at radius 1 is 1.32 bits per heavy atom. The van der Waals surface area contributed by atoms with E-state index < -0.39 is 0 Å². The quantitative estimate of drug-likeness (QED) is 0.325. The first kappa shape index (κ1) is 21.5. The number of aliphatic imine (C=N–C) groups is 1. The van der Waals surface area contributed by atoms with Gasteiger partial charge in [0.1, 0.15) is 0 Å². The Morgan fingerprint density at radius 3 is 2.64 bits per heavy atom. The van der Waals surface area contributed by atoms with Crippen LogP contribution in [0.1, 0.15) is 51.4 Å². The predicted molar refractivity (Wildman–Crippen MR) is 105 cm³/mol. The minimum absolute atomic E-state index is 0.236. The summed E-state index contributed by atoms with van der Waals surface area (Å²) in [5.74, 6) is 1.93. The lowest BCUT2D eigenvalue weighted by Gasteiger charge is -2.17. The van der Waals surface area contributed by atoms with Gasteiger partial charge in [0.05, 0.1) is 5.69 Å². The summed E-state index contributed by atoms with van der Waals surface area (Å²) < 4.78 is 2.06. The van der Waals surface area contributed by atoms with Crippen molar-refractivity contribution < 1.29 is 5.11 Å². The van der Waals surface area contributed by atoms with Gasteiger partial charge >= 0.3 is 0 Å². The summed E-state index contributed by atoms with van der Waals surface area (Å²) in [7, 11) is 0. The molecule has 0 fully saturated rings. The number of hydrogen-bond acceptors (Lipinski definition) is 3. The van der Waals surface area contributed by atoms with Crippen molar-refractivity contribution in [2.24, 2.45) is 16.8 Å². The average molecular weight is 352 g/mol. The van der Waals surface area contributed by atoms with Crippen molar-refractivity contribution in [2.75, 3.05) is 26.2 Å². The zero-order chi connectivity index (χ0) is 18.7. The summed E-state index contributed by atoms with van der Waals surface area (Å²) in [5.41, 5.74) is 2.28. The van der Waals surface area contributed by atoms with Gasteiger partial charge in [-0.3, -0.25) is 9.67 Å². The van der Waals surface area contributed by atoms with Crippen LogP contribution < -0.4 is 10.6 Å². The lowest BCUT2D eigenvalue weighted by Crippen LogP contribution is -2.38. The zero-order valence-electron chi connectivity index (χ0n) is 16.7. The van der Waals surface area contributed by atoms with E-state index in [0.29, 0.717) is 11.8 Å². The number of aryl methyl sites for hydroxylation is 3. The van der Waals surface area contributed by atoms with Crippen molar-refractivity contribution in [3.63, 3.8) is 0 Å². The number of aromatic nitrogens is 2. The molecule has 0 saturated heterocycles. The Labute approximate surface area is 153 Å². The van der Waals surface area contributed by atoms with Crippen LogP contribution in [-0.2, 0) is 6.54 Å². The smallest absolute Gasteiger partial charge is 0.191 e. The highest BCUT2D eigenvalue weighted by atomic mass is 16.3. The van der Waals surface area contributed by atoms with E-state index in [4.69, 9.17) is 4.99 Å². The van der Waals surface area contributed by atoms with Crippen molar-refractivity contribution in [3.05, 3.63) is 17.5 Å². The number of hydrogen-bond donors (Lipinski definition) is 3. The molecular formula is C19H37N5O. The van der Waals surface area contributed by atoms with E-state index in [9.17, 15) is 5.11 Å². The van der Waals surface area contributed by atoms with Gasteiger partial charge in [-0.1, -0.05) is 13.8 Å². The van der Waals surface area contributed by atoms with Crippen LogP contribution in [0, 0.1) is 25.7 Å². The van der Waals surface area contributed by atoms with Gasteiger partial charge in [0.15, 0.2) is 5.96 Å². The molecule has 1 unspecified atom stereocenters. The van der Waals surface area contributed by atoms with Gasteiger partial charge in [0.25, 0.3) is 0 Å². The fraction of sp³-hybridized carbons (Fsp3) is 0.789. The monoisotopic (exact) mass is 351 g/mol. The summed E-state index contributed by atoms with van der Waals surface area (Å²) in [6, 6.07) is 2.11. The fourth-order valence-corrected chi connectivity index (χ4v) is 3.03. The molecule has 0 amide bonds. The number of nitrogens with one attached hydrogen (secondary N) is 2. The second-order valence-electron chi connectivity index (χ2n) is 7.16. The normalized spacial score (nSPS) is 13.3. The van der Waals surface area contributed by atoms with E-state index in [1.54, 1.807) is 0 Å². The van der Waals surface area contributed by atoms with Crippen molar-refractivity contribution in [3.8, 4) is 0 Å². The van der Waals surface area contributed by atoms with Gasteiger partial charge in [0.2, 0.25) is 0 Å². The van der Waals surface area contributed by atoms with Crippen LogP contribution in [-0.4, -0.2) is 47.1 Å². The number of rotatable bonds is 11. The highest BCUT2D eigenvalue weighted by Crippen LogP contribution is 2.15. The maximum Gasteiger partial charge on any atom is 0.191 e. The molecule has 25 heavy (non-hydrogen) atoms. The number of aliphatic hydroxyl groups is 1. The third kappa shape index (κ3) is 8.91. The minimum atomic E-state index is 0.236. The number of guanidine groups is 1. The van der Waals surface area contributed by atoms with E-state index >= 15 is 0 Å². The van der Waals surface area contributed by atoms with Gasteiger partial charge in [-0.2, -0.15) is 5.10 Å². The van der Waals surface area contributed by atoms with E-state index in [2.05, 4.69) is 54.2 Å². The summed E-state index contributed by atoms with van der Waals surface area (Å²) in [4.78, 5) is 4.71. The highest BCUT2D eigenvalue weighted by Gasteiger charge is 2.10. The molecule has 6 nitrogen and oxygen atoms in total. The summed E-state index contributed by atoms with van der Waals surface area (Å²) >= 11 is 0. The molecule has 1 aromatic rings. The first-order valence-corrected chi connectivity index (χ1v) is 9.60. The number of nitrogens with zero attached hydrogens (tertiary/aromatic N) is 3. The molecule has 6 heteroatoms. The van der Waals surface area contributed by atoms with Crippen LogP contribution in [0.25, 0.3) is 0 Å². The molecule has 0 spiro atoms. The fourth-order valence-electron chi connectivity index (χ4n) is 3.03. The van der Waals surface area contributed by atoms with Crippen LogP contribution in [0.15, 0.2) is 11.1 Å². The molecule has 0 aliphatic rings. The van der Waals surface area contributed by atoms with Crippen molar-refractivity contribution in [1.29, 1.82) is 0 Å². The molecular weight excluding hydrogens is 314 g/mol. The third-order valence-electron chi connectivity index (χ3n) is 4.14. The molecule has 0 aliphatic heterocycles. The van der Waals surface area contributed by atoms with Crippen LogP contribution in [0.2, 0.25) is 0 Å². The van der Waals surface area contributed by atoms with Crippen LogP contribution in [0.4, 0.5) is 0 Å². The zero-order valence-corrected chi connectivity index (χ0v) is 16.7. The first-order valence-electron chi connectivity index (χ1n) is 9.60. The topological polar surface area (TPSA) is 74.5 Å². The van der Waals surface area contributed by atoms with Gasteiger partial charge in [-0.15, -0.1) is 0 Å². The Balaban J connectivity index is 2.44. The molecule has 3 N–H and O–H groups in total. The average Bonchev–Trinajstić information content (AvgIpc) is 2.86. The van der Waals surface area contributed by atoms with E-state index in [0.717, 1.165) is 57.1 Å². The molecule has 0 bridgehead atoms. The molecule has 1 heterocycles. The molecule has 144 valence electrons. The van der Waals surface area contributed by atoms with Crippen LogP contribution >= 0.6 is 0 Å². The van der Waals surface area contributed by atoms with Crippen LogP contribution in [0.5, 0.6) is 0 Å². The Bertz CT molecular complexity index is 510. The van der Waals surface area contributed by atoms with Crippen molar-refractivity contribution in [2.45, 2.75) is 60.4 Å². The van der Waals surface area contributed by atoms with Crippen LogP contribution in [0.3, 0.4) is 0 Å². The maximum atomic E-state index is 9.24. The maximum absolute atomic E-state index is 9.24. The summed E-state index contributed by atoms with van der Waals surface area (Å²) in [5, 5.41) is 20.4.